The summed E-state index contributed by atoms with van der Waals surface area (Å²) in [6.07, 6.45) is -1.92. The molecule has 102 valence electrons. The fourth-order valence-corrected chi connectivity index (χ4v) is 1.41. The molecule has 0 bridgehead atoms. The fraction of sp³-hybridized carbons (Fsp3) is 0.667. The number of hydrogen-bond acceptors (Lipinski definition) is 4. The molecule has 2 heterocycles. The van der Waals surface area contributed by atoms with Crippen LogP contribution in [0.2, 0.25) is 0 Å². The van der Waals surface area contributed by atoms with Crippen molar-refractivity contribution in [2.75, 3.05) is 13.1 Å². The first-order chi connectivity index (χ1) is 8.30. The minimum atomic E-state index is -5.08. The van der Waals surface area contributed by atoms with E-state index in [1.54, 1.807) is 0 Å². The summed E-state index contributed by atoms with van der Waals surface area (Å²) in [5.74, 6) is -2.76. The van der Waals surface area contributed by atoms with Crippen LogP contribution in [-0.2, 0) is 4.79 Å². The van der Waals surface area contributed by atoms with Crippen molar-refractivity contribution < 1.29 is 23.1 Å². The number of nitrogens with one attached hydrogen (secondary N) is 1. The molecule has 2 rings (SSSR count). The van der Waals surface area contributed by atoms with E-state index in [1.165, 1.54) is 6.42 Å². The van der Waals surface area contributed by atoms with Crippen molar-refractivity contribution in [3.8, 4) is 0 Å². The van der Waals surface area contributed by atoms with Gasteiger partial charge < -0.3 is 10.4 Å². The third-order valence-corrected chi connectivity index (χ3v) is 2.28. The lowest BCUT2D eigenvalue weighted by atomic mass is 10.3. The quantitative estimate of drug-likeness (QED) is 0.784. The third-order valence-electron chi connectivity index (χ3n) is 2.28. The van der Waals surface area contributed by atoms with E-state index < -0.39 is 12.1 Å². The predicted molar refractivity (Wildman–Crippen MR) is 55.0 cm³/mol. The van der Waals surface area contributed by atoms with Crippen LogP contribution in [0.15, 0.2) is 6.20 Å². The molecular weight excluding hydrogens is 253 g/mol. The maximum absolute atomic E-state index is 10.6. The molecule has 1 aromatic rings. The van der Waals surface area contributed by atoms with Gasteiger partial charge in [0.2, 0.25) is 0 Å². The van der Waals surface area contributed by atoms with Crippen molar-refractivity contribution in [3.05, 3.63) is 11.9 Å². The van der Waals surface area contributed by atoms with Gasteiger partial charge in [-0.3, -0.25) is 0 Å². The van der Waals surface area contributed by atoms with Gasteiger partial charge in [0.1, 0.15) is 0 Å². The van der Waals surface area contributed by atoms with Crippen molar-refractivity contribution >= 4 is 5.97 Å². The molecule has 1 aliphatic rings. The van der Waals surface area contributed by atoms with E-state index in [9.17, 15) is 13.2 Å². The summed E-state index contributed by atoms with van der Waals surface area (Å²) in [6, 6.07) is 0.524. The van der Waals surface area contributed by atoms with Crippen LogP contribution in [0.4, 0.5) is 13.2 Å². The molecule has 18 heavy (non-hydrogen) atoms. The highest BCUT2D eigenvalue weighted by atomic mass is 19.4. The number of alkyl halides is 3. The summed E-state index contributed by atoms with van der Waals surface area (Å²) >= 11 is 0. The van der Waals surface area contributed by atoms with E-state index in [1.807, 2.05) is 17.8 Å². The summed E-state index contributed by atoms with van der Waals surface area (Å²) < 4.78 is 33.7. The normalized spacial score (nSPS) is 19.2. The minimum Gasteiger partial charge on any atom is -0.475 e. The summed E-state index contributed by atoms with van der Waals surface area (Å²) in [5, 5.41) is 18.4. The first kappa shape index (κ1) is 14.4. The molecule has 0 aliphatic carbocycles. The SMILES string of the molecule is Cc1cn([C@H]2CCNC2)nn1.O=C(O)C(F)(F)F. The molecule has 9 heteroatoms. The number of carbonyl (C=O) groups is 1. The lowest BCUT2D eigenvalue weighted by Crippen LogP contribution is -2.21. The Morgan fingerprint density at radius 2 is 2.22 bits per heavy atom. The number of aliphatic carboxylic acids is 1. The Hall–Kier alpha value is -1.64. The second-order valence-electron chi connectivity index (χ2n) is 3.79. The molecule has 1 atom stereocenters. The zero-order valence-corrected chi connectivity index (χ0v) is 9.61. The van der Waals surface area contributed by atoms with Gasteiger partial charge in [0.15, 0.2) is 0 Å². The Kier molecular flexibility index (Phi) is 4.65. The van der Waals surface area contributed by atoms with Crippen LogP contribution in [0.25, 0.3) is 0 Å². The van der Waals surface area contributed by atoms with Gasteiger partial charge in [0.05, 0.1) is 11.7 Å². The highest BCUT2D eigenvalue weighted by Crippen LogP contribution is 2.13. The number of nitrogens with zero attached hydrogens (tertiary/aromatic N) is 3. The largest absolute Gasteiger partial charge is 0.490 e. The van der Waals surface area contributed by atoms with Crippen LogP contribution in [0.5, 0.6) is 0 Å². The molecule has 1 aromatic heterocycles. The van der Waals surface area contributed by atoms with Gasteiger partial charge in [-0.2, -0.15) is 13.2 Å². The van der Waals surface area contributed by atoms with E-state index in [4.69, 9.17) is 9.90 Å². The van der Waals surface area contributed by atoms with Crippen molar-refractivity contribution in [1.82, 2.24) is 20.3 Å². The first-order valence-electron chi connectivity index (χ1n) is 5.20. The molecule has 1 fully saturated rings. The zero-order chi connectivity index (χ0) is 13.8. The van der Waals surface area contributed by atoms with Crippen molar-refractivity contribution in [1.29, 1.82) is 0 Å². The molecule has 0 spiro atoms. The van der Waals surface area contributed by atoms with Crippen molar-refractivity contribution in [2.45, 2.75) is 25.6 Å². The summed E-state index contributed by atoms with van der Waals surface area (Å²) in [5.41, 5.74) is 0.997. The van der Waals surface area contributed by atoms with Gasteiger partial charge in [-0.05, 0) is 19.9 Å². The number of hydrogen-bond donors (Lipinski definition) is 2. The van der Waals surface area contributed by atoms with E-state index in [-0.39, 0.29) is 0 Å². The smallest absolute Gasteiger partial charge is 0.475 e. The average molecular weight is 266 g/mol. The molecule has 0 unspecified atom stereocenters. The van der Waals surface area contributed by atoms with Crippen LogP contribution in [-0.4, -0.2) is 45.3 Å². The lowest BCUT2D eigenvalue weighted by molar-refractivity contribution is -0.192. The number of aryl methyl sites for hydroxylation is 1. The van der Waals surface area contributed by atoms with Gasteiger partial charge in [0, 0.05) is 12.7 Å². The van der Waals surface area contributed by atoms with Gasteiger partial charge in [0.25, 0.3) is 0 Å². The molecule has 1 aliphatic heterocycles. The second-order valence-corrected chi connectivity index (χ2v) is 3.79. The molecule has 0 amide bonds. The lowest BCUT2D eigenvalue weighted by Gasteiger charge is -2.05. The van der Waals surface area contributed by atoms with E-state index >= 15 is 0 Å². The van der Waals surface area contributed by atoms with Crippen LogP contribution in [0.1, 0.15) is 18.2 Å². The monoisotopic (exact) mass is 266 g/mol. The van der Waals surface area contributed by atoms with Crippen LogP contribution >= 0.6 is 0 Å². The molecule has 0 aromatic carbocycles. The number of carboxylic acid groups (broad SMARTS) is 1. The average Bonchev–Trinajstić information content (AvgIpc) is 2.86. The Morgan fingerprint density at radius 3 is 2.56 bits per heavy atom. The third kappa shape index (κ3) is 4.32. The second kappa shape index (κ2) is 5.80. The van der Waals surface area contributed by atoms with Gasteiger partial charge in [-0.25, -0.2) is 9.48 Å². The molecule has 0 saturated carbocycles. The highest BCUT2D eigenvalue weighted by Gasteiger charge is 2.38. The molecule has 1 saturated heterocycles. The van der Waals surface area contributed by atoms with E-state index in [0.717, 1.165) is 18.8 Å². The number of aromatic nitrogens is 3. The molecule has 6 nitrogen and oxygen atoms in total. The first-order valence-corrected chi connectivity index (χ1v) is 5.20. The fourth-order valence-electron chi connectivity index (χ4n) is 1.41. The summed E-state index contributed by atoms with van der Waals surface area (Å²) in [7, 11) is 0. The van der Waals surface area contributed by atoms with Gasteiger partial charge >= 0.3 is 12.1 Å². The summed E-state index contributed by atoms with van der Waals surface area (Å²) in [4.78, 5) is 8.90. The number of rotatable bonds is 1. The van der Waals surface area contributed by atoms with E-state index in [0.29, 0.717) is 6.04 Å². The Morgan fingerprint density at radius 1 is 1.61 bits per heavy atom. The summed E-state index contributed by atoms with van der Waals surface area (Å²) in [6.45, 7) is 4.10. The maximum atomic E-state index is 10.6. The predicted octanol–water partition coefficient (Wildman–Crippen LogP) is 0.754. The minimum absolute atomic E-state index is 0.524. The standard InChI is InChI=1S/C7H12N4.C2HF3O2/c1-6-5-11(10-9-6)7-2-3-8-4-7;3-2(4,5)1(6)7/h5,7-8H,2-4H2,1H3;(H,6,7)/t7-;/m0./s1. The van der Waals surface area contributed by atoms with Crippen molar-refractivity contribution in [3.63, 3.8) is 0 Å². The Labute approximate surface area is 101 Å². The maximum Gasteiger partial charge on any atom is 0.490 e. The molecule has 2 N–H and O–H groups in total. The zero-order valence-electron chi connectivity index (χ0n) is 9.61. The van der Waals surface area contributed by atoms with Crippen molar-refractivity contribution in [2.24, 2.45) is 0 Å². The Balaban J connectivity index is 0.000000203. The molecular formula is C9H13F3N4O2. The number of carboxylic acids is 1. The van der Waals surface area contributed by atoms with Crippen LogP contribution in [0, 0.1) is 6.92 Å². The highest BCUT2D eigenvalue weighted by molar-refractivity contribution is 5.73. The molecule has 0 radical (unpaired) electrons. The van der Waals surface area contributed by atoms with Crippen LogP contribution in [0.3, 0.4) is 0 Å². The van der Waals surface area contributed by atoms with E-state index in [2.05, 4.69) is 15.6 Å². The van der Waals surface area contributed by atoms with Gasteiger partial charge in [-0.1, -0.05) is 5.21 Å². The van der Waals surface area contributed by atoms with Gasteiger partial charge in [-0.15, -0.1) is 5.10 Å². The topological polar surface area (TPSA) is 80.0 Å². The Bertz CT molecular complexity index is 399. The van der Waals surface area contributed by atoms with Crippen LogP contribution < -0.4 is 5.32 Å². The number of halogens is 3.